The maximum absolute atomic E-state index is 12.1. The molecule has 0 heterocycles. The SMILES string of the molecule is C=CCN(CCS(=O)(=O)c1ccc(C#N)cc1)CC(=O)O. The van der Waals surface area contributed by atoms with Gasteiger partial charge in [-0.25, -0.2) is 8.42 Å². The maximum atomic E-state index is 12.1. The summed E-state index contributed by atoms with van der Waals surface area (Å²) in [7, 11) is -3.51. The number of carbonyl (C=O) groups is 1. The fraction of sp³-hybridized carbons (Fsp3) is 0.286. The number of nitrogens with zero attached hydrogens (tertiary/aromatic N) is 2. The van der Waals surface area contributed by atoms with Gasteiger partial charge in [-0.2, -0.15) is 5.26 Å². The lowest BCUT2D eigenvalue weighted by atomic mass is 10.2. The molecule has 0 saturated carbocycles. The number of sulfone groups is 1. The van der Waals surface area contributed by atoms with E-state index in [1.165, 1.54) is 35.2 Å². The summed E-state index contributed by atoms with van der Waals surface area (Å²) in [4.78, 5) is 12.3. The molecule has 0 aliphatic carbocycles. The number of carboxylic acids is 1. The molecule has 1 N–H and O–H groups in total. The monoisotopic (exact) mass is 308 g/mol. The number of hydrogen-bond donors (Lipinski definition) is 1. The predicted octanol–water partition coefficient (Wildman–Crippen LogP) is 0.905. The molecule has 0 aliphatic heterocycles. The molecule has 0 aromatic heterocycles. The van der Waals surface area contributed by atoms with Crippen LogP contribution in [0.2, 0.25) is 0 Å². The van der Waals surface area contributed by atoms with Crippen LogP contribution >= 0.6 is 0 Å². The van der Waals surface area contributed by atoms with E-state index in [0.29, 0.717) is 12.1 Å². The number of nitriles is 1. The van der Waals surface area contributed by atoms with Gasteiger partial charge in [0, 0.05) is 13.1 Å². The molecule has 0 unspecified atom stereocenters. The first kappa shape index (κ1) is 16.9. The summed E-state index contributed by atoms with van der Waals surface area (Å²) in [5.74, 6) is -1.22. The van der Waals surface area contributed by atoms with Crippen LogP contribution in [0.25, 0.3) is 0 Å². The third-order valence-electron chi connectivity index (χ3n) is 2.76. The van der Waals surface area contributed by atoms with Crippen LogP contribution in [-0.2, 0) is 14.6 Å². The van der Waals surface area contributed by atoms with Gasteiger partial charge in [-0.1, -0.05) is 6.08 Å². The molecule has 0 aliphatic rings. The average Bonchev–Trinajstić information content (AvgIpc) is 2.45. The summed E-state index contributed by atoms with van der Waals surface area (Å²) in [5.41, 5.74) is 0.383. The van der Waals surface area contributed by atoms with Gasteiger partial charge < -0.3 is 5.11 Å². The Kier molecular flexibility index (Phi) is 6.09. The zero-order valence-electron chi connectivity index (χ0n) is 11.4. The van der Waals surface area contributed by atoms with Crippen molar-refractivity contribution in [3.05, 3.63) is 42.5 Å². The van der Waals surface area contributed by atoms with E-state index in [2.05, 4.69) is 6.58 Å². The van der Waals surface area contributed by atoms with Gasteiger partial charge in [-0.3, -0.25) is 9.69 Å². The second-order valence-electron chi connectivity index (χ2n) is 4.37. The minimum Gasteiger partial charge on any atom is -0.480 e. The van der Waals surface area contributed by atoms with Gasteiger partial charge in [0.1, 0.15) is 0 Å². The molecule has 7 heteroatoms. The molecule has 0 fully saturated rings. The second kappa shape index (κ2) is 7.57. The molecule has 0 bridgehead atoms. The van der Waals surface area contributed by atoms with Gasteiger partial charge in [-0.15, -0.1) is 6.58 Å². The molecule has 112 valence electrons. The average molecular weight is 308 g/mol. The predicted molar refractivity (Wildman–Crippen MR) is 77.5 cm³/mol. The quantitative estimate of drug-likeness (QED) is 0.717. The number of aliphatic carboxylic acids is 1. The number of carboxylic acid groups (broad SMARTS) is 1. The molecular weight excluding hydrogens is 292 g/mol. The van der Waals surface area contributed by atoms with Crippen molar-refractivity contribution < 1.29 is 18.3 Å². The van der Waals surface area contributed by atoms with E-state index in [1.54, 1.807) is 0 Å². The number of rotatable bonds is 8. The van der Waals surface area contributed by atoms with E-state index in [-0.39, 0.29) is 23.7 Å². The topological polar surface area (TPSA) is 98.5 Å². The highest BCUT2D eigenvalue weighted by atomic mass is 32.2. The molecular formula is C14H16N2O4S. The lowest BCUT2D eigenvalue weighted by Gasteiger charge is -2.18. The first-order valence-electron chi connectivity index (χ1n) is 6.17. The van der Waals surface area contributed by atoms with Gasteiger partial charge in [-0.05, 0) is 24.3 Å². The Labute approximate surface area is 123 Å². The highest BCUT2D eigenvalue weighted by Gasteiger charge is 2.17. The lowest BCUT2D eigenvalue weighted by Crippen LogP contribution is -2.34. The Balaban J connectivity index is 2.76. The van der Waals surface area contributed by atoms with Crippen LogP contribution < -0.4 is 0 Å². The van der Waals surface area contributed by atoms with Gasteiger partial charge in [0.05, 0.1) is 28.8 Å². The van der Waals surface area contributed by atoms with E-state index in [9.17, 15) is 13.2 Å². The van der Waals surface area contributed by atoms with Crippen LogP contribution in [0.1, 0.15) is 5.56 Å². The molecule has 1 aromatic carbocycles. The zero-order valence-corrected chi connectivity index (χ0v) is 12.2. The molecule has 21 heavy (non-hydrogen) atoms. The summed E-state index contributed by atoms with van der Waals surface area (Å²) >= 11 is 0. The van der Waals surface area contributed by atoms with Crippen molar-refractivity contribution in [2.45, 2.75) is 4.90 Å². The zero-order chi connectivity index (χ0) is 15.9. The van der Waals surface area contributed by atoms with E-state index in [1.807, 2.05) is 6.07 Å². The van der Waals surface area contributed by atoms with Crippen LogP contribution in [-0.4, -0.2) is 49.8 Å². The summed E-state index contributed by atoms with van der Waals surface area (Å²) in [6, 6.07) is 7.54. The number of benzene rings is 1. The summed E-state index contributed by atoms with van der Waals surface area (Å²) in [5, 5.41) is 17.4. The van der Waals surface area contributed by atoms with Crippen LogP contribution in [0.4, 0.5) is 0 Å². The fourth-order valence-electron chi connectivity index (χ4n) is 1.71. The van der Waals surface area contributed by atoms with Crippen molar-refractivity contribution in [3.63, 3.8) is 0 Å². The highest BCUT2D eigenvalue weighted by Crippen LogP contribution is 2.12. The lowest BCUT2D eigenvalue weighted by molar-refractivity contribution is -0.138. The summed E-state index contributed by atoms with van der Waals surface area (Å²) < 4.78 is 24.3. The van der Waals surface area contributed by atoms with Gasteiger partial charge in [0.2, 0.25) is 0 Å². The molecule has 1 rings (SSSR count). The maximum Gasteiger partial charge on any atom is 0.317 e. The summed E-state index contributed by atoms with van der Waals surface area (Å²) in [6.45, 7) is 3.67. The second-order valence-corrected chi connectivity index (χ2v) is 6.48. The van der Waals surface area contributed by atoms with Crippen LogP contribution in [0.3, 0.4) is 0 Å². The summed E-state index contributed by atoms with van der Waals surface area (Å²) in [6.07, 6.45) is 1.53. The minimum absolute atomic E-state index is 0.0979. The first-order valence-corrected chi connectivity index (χ1v) is 7.82. The normalized spacial score (nSPS) is 11.0. The molecule has 1 aromatic rings. The van der Waals surface area contributed by atoms with Crippen molar-refractivity contribution in [2.24, 2.45) is 0 Å². The van der Waals surface area contributed by atoms with Crippen LogP contribution in [0.15, 0.2) is 41.8 Å². The standard InChI is InChI=1S/C14H16N2O4S/c1-2-7-16(11-14(17)18)8-9-21(19,20)13-5-3-12(10-15)4-6-13/h2-6H,1,7-9,11H2,(H,17,18). The van der Waals surface area contributed by atoms with E-state index >= 15 is 0 Å². The van der Waals surface area contributed by atoms with Gasteiger partial charge >= 0.3 is 5.97 Å². The van der Waals surface area contributed by atoms with Crippen molar-refractivity contribution in [1.82, 2.24) is 4.90 Å². The van der Waals surface area contributed by atoms with Gasteiger partial charge in [0.25, 0.3) is 0 Å². The molecule has 0 saturated heterocycles. The van der Waals surface area contributed by atoms with Crippen LogP contribution in [0.5, 0.6) is 0 Å². The Bertz CT molecular complexity index is 645. The Hall–Kier alpha value is -2.17. The minimum atomic E-state index is -3.51. The largest absolute Gasteiger partial charge is 0.480 e. The third kappa shape index (κ3) is 5.38. The fourth-order valence-corrected chi connectivity index (χ4v) is 3.00. The molecule has 0 spiro atoms. The number of hydrogen-bond acceptors (Lipinski definition) is 5. The Morgan fingerprint density at radius 3 is 2.48 bits per heavy atom. The van der Waals surface area contributed by atoms with Crippen molar-refractivity contribution in [1.29, 1.82) is 5.26 Å². The third-order valence-corrected chi connectivity index (χ3v) is 4.48. The molecule has 0 amide bonds. The molecule has 0 atom stereocenters. The van der Waals surface area contributed by atoms with E-state index < -0.39 is 15.8 Å². The van der Waals surface area contributed by atoms with E-state index in [0.717, 1.165) is 0 Å². The van der Waals surface area contributed by atoms with Crippen LogP contribution in [0, 0.1) is 11.3 Å². The Morgan fingerprint density at radius 2 is 2.00 bits per heavy atom. The van der Waals surface area contributed by atoms with E-state index in [4.69, 9.17) is 10.4 Å². The molecule has 6 nitrogen and oxygen atoms in total. The van der Waals surface area contributed by atoms with Crippen molar-refractivity contribution in [2.75, 3.05) is 25.4 Å². The van der Waals surface area contributed by atoms with Gasteiger partial charge in [0.15, 0.2) is 9.84 Å². The highest BCUT2D eigenvalue weighted by molar-refractivity contribution is 7.91. The van der Waals surface area contributed by atoms with Crippen molar-refractivity contribution in [3.8, 4) is 6.07 Å². The smallest absolute Gasteiger partial charge is 0.317 e. The Morgan fingerprint density at radius 1 is 1.38 bits per heavy atom. The molecule has 0 radical (unpaired) electrons. The van der Waals surface area contributed by atoms with Crippen molar-refractivity contribution >= 4 is 15.8 Å². The first-order chi connectivity index (χ1) is 9.89.